The van der Waals surface area contributed by atoms with Gasteiger partial charge in [-0.25, -0.2) is 0 Å². The maximum absolute atomic E-state index is 6.48. The van der Waals surface area contributed by atoms with Crippen LogP contribution in [0.4, 0.5) is 0 Å². The number of halogens is 2. The molecule has 0 unspecified atom stereocenters. The average molecular weight is 476 g/mol. The summed E-state index contributed by atoms with van der Waals surface area (Å²) >= 11 is 12.6. The molecule has 1 aromatic heterocycles. The lowest BCUT2D eigenvalue weighted by Crippen LogP contribution is -2.47. The van der Waals surface area contributed by atoms with E-state index in [1.54, 1.807) is 6.07 Å². The minimum absolute atomic E-state index is 0.284. The van der Waals surface area contributed by atoms with Gasteiger partial charge in [-0.05, 0) is 41.5 Å². The van der Waals surface area contributed by atoms with Crippen molar-refractivity contribution in [1.29, 1.82) is 0 Å². The Bertz CT molecular complexity index is 1140. The van der Waals surface area contributed by atoms with Gasteiger partial charge in [-0.1, -0.05) is 83.9 Å². The first-order valence-electron chi connectivity index (χ1n) is 11.4. The lowest BCUT2D eigenvalue weighted by atomic mass is 9.96. The summed E-state index contributed by atoms with van der Waals surface area (Å²) in [7, 11) is 0. The molecule has 1 aliphatic heterocycles. The van der Waals surface area contributed by atoms with Gasteiger partial charge in [0.05, 0.1) is 16.8 Å². The Labute approximate surface area is 205 Å². The van der Waals surface area contributed by atoms with Gasteiger partial charge < -0.3 is 4.57 Å². The SMILES string of the molecule is Clc1ccc(-n2cccc2CN2CCN(C(c3ccccc3)c3ccccc3)CC2)c(Cl)c1. The Morgan fingerprint density at radius 1 is 0.697 bits per heavy atom. The number of benzene rings is 3. The summed E-state index contributed by atoms with van der Waals surface area (Å²) in [6, 6.07) is 31.9. The second-order valence-corrected chi connectivity index (χ2v) is 9.34. The molecule has 4 aromatic rings. The number of piperazine rings is 1. The van der Waals surface area contributed by atoms with Crippen LogP contribution in [0.2, 0.25) is 10.0 Å². The van der Waals surface area contributed by atoms with Gasteiger partial charge in [-0.2, -0.15) is 0 Å². The number of rotatable bonds is 6. The Morgan fingerprint density at radius 3 is 1.94 bits per heavy atom. The van der Waals surface area contributed by atoms with Crippen molar-refractivity contribution in [3.63, 3.8) is 0 Å². The van der Waals surface area contributed by atoms with Crippen molar-refractivity contribution >= 4 is 23.2 Å². The van der Waals surface area contributed by atoms with Crippen molar-refractivity contribution in [3.05, 3.63) is 124 Å². The quantitative estimate of drug-likeness (QED) is 0.307. The Kier molecular flexibility index (Phi) is 6.84. The summed E-state index contributed by atoms with van der Waals surface area (Å²) in [5.41, 5.74) is 4.90. The minimum Gasteiger partial charge on any atom is -0.318 e. The Balaban J connectivity index is 1.30. The molecular formula is C28H27Cl2N3. The highest BCUT2D eigenvalue weighted by atomic mass is 35.5. The normalized spacial score (nSPS) is 15.2. The molecule has 168 valence electrons. The molecule has 5 heteroatoms. The summed E-state index contributed by atoms with van der Waals surface area (Å²) in [5, 5.41) is 1.32. The van der Waals surface area contributed by atoms with Gasteiger partial charge in [0.1, 0.15) is 0 Å². The zero-order chi connectivity index (χ0) is 22.6. The lowest BCUT2D eigenvalue weighted by molar-refractivity contribution is 0.103. The van der Waals surface area contributed by atoms with Crippen LogP contribution in [-0.4, -0.2) is 40.5 Å². The fourth-order valence-electron chi connectivity index (χ4n) is 4.75. The van der Waals surface area contributed by atoms with E-state index in [1.165, 1.54) is 16.8 Å². The summed E-state index contributed by atoms with van der Waals surface area (Å²) in [6.45, 7) is 4.99. The van der Waals surface area contributed by atoms with E-state index in [1.807, 2.05) is 12.1 Å². The van der Waals surface area contributed by atoms with Crippen molar-refractivity contribution in [1.82, 2.24) is 14.4 Å². The average Bonchev–Trinajstić information content (AvgIpc) is 3.29. The maximum atomic E-state index is 6.48. The van der Waals surface area contributed by atoms with E-state index in [4.69, 9.17) is 23.2 Å². The Morgan fingerprint density at radius 2 is 1.33 bits per heavy atom. The molecule has 3 aromatic carbocycles. The first-order chi connectivity index (χ1) is 16.2. The molecule has 0 bridgehead atoms. The van der Waals surface area contributed by atoms with Gasteiger partial charge in [-0.3, -0.25) is 9.80 Å². The van der Waals surface area contributed by atoms with Crippen molar-refractivity contribution in [2.24, 2.45) is 0 Å². The van der Waals surface area contributed by atoms with Crippen LogP contribution in [-0.2, 0) is 6.54 Å². The topological polar surface area (TPSA) is 11.4 Å². The van der Waals surface area contributed by atoms with Gasteiger partial charge in [0, 0.05) is 49.6 Å². The molecule has 0 radical (unpaired) electrons. The zero-order valence-electron chi connectivity index (χ0n) is 18.4. The van der Waals surface area contributed by atoms with Crippen molar-refractivity contribution in [2.45, 2.75) is 12.6 Å². The third-order valence-electron chi connectivity index (χ3n) is 6.39. The number of hydrogen-bond donors (Lipinski definition) is 0. The molecule has 0 saturated carbocycles. The molecule has 5 rings (SSSR count). The van der Waals surface area contributed by atoms with E-state index in [0.717, 1.165) is 38.4 Å². The highest BCUT2D eigenvalue weighted by Gasteiger charge is 2.26. The van der Waals surface area contributed by atoms with E-state index in [0.29, 0.717) is 10.0 Å². The van der Waals surface area contributed by atoms with Gasteiger partial charge in [0.15, 0.2) is 0 Å². The number of nitrogens with zero attached hydrogens (tertiary/aromatic N) is 3. The van der Waals surface area contributed by atoms with E-state index in [2.05, 4.69) is 93.4 Å². The maximum Gasteiger partial charge on any atom is 0.0661 e. The van der Waals surface area contributed by atoms with Crippen LogP contribution in [0.25, 0.3) is 5.69 Å². The lowest BCUT2D eigenvalue weighted by Gasteiger charge is -2.40. The van der Waals surface area contributed by atoms with Gasteiger partial charge >= 0.3 is 0 Å². The molecule has 1 saturated heterocycles. The van der Waals surface area contributed by atoms with E-state index >= 15 is 0 Å². The van der Waals surface area contributed by atoms with Crippen LogP contribution in [0.3, 0.4) is 0 Å². The molecule has 33 heavy (non-hydrogen) atoms. The van der Waals surface area contributed by atoms with Gasteiger partial charge in [0.2, 0.25) is 0 Å². The van der Waals surface area contributed by atoms with Crippen LogP contribution in [0.1, 0.15) is 22.9 Å². The second kappa shape index (κ2) is 10.1. The standard InChI is InChI=1S/C28H27Cl2N3/c29-24-13-14-27(26(30)20-24)33-15-7-12-25(33)21-31-16-18-32(19-17-31)28(22-8-3-1-4-9-22)23-10-5-2-6-11-23/h1-15,20,28H,16-19,21H2. The molecule has 0 N–H and O–H groups in total. The minimum atomic E-state index is 0.284. The fraction of sp³-hybridized carbons (Fsp3) is 0.214. The number of aromatic nitrogens is 1. The summed E-state index contributed by atoms with van der Waals surface area (Å²) in [4.78, 5) is 5.13. The van der Waals surface area contributed by atoms with Crippen LogP contribution < -0.4 is 0 Å². The predicted octanol–water partition coefficient (Wildman–Crippen LogP) is 6.69. The molecule has 3 nitrogen and oxygen atoms in total. The highest BCUT2D eigenvalue weighted by Crippen LogP contribution is 2.30. The largest absolute Gasteiger partial charge is 0.318 e. The molecule has 2 heterocycles. The van der Waals surface area contributed by atoms with Crippen LogP contribution >= 0.6 is 23.2 Å². The first kappa shape index (κ1) is 22.2. The molecule has 1 fully saturated rings. The summed E-state index contributed by atoms with van der Waals surface area (Å²) < 4.78 is 2.17. The second-order valence-electron chi connectivity index (χ2n) is 8.50. The van der Waals surface area contributed by atoms with Crippen LogP contribution in [0.5, 0.6) is 0 Å². The smallest absolute Gasteiger partial charge is 0.0661 e. The molecular weight excluding hydrogens is 449 g/mol. The summed E-state index contributed by atoms with van der Waals surface area (Å²) in [6.07, 6.45) is 2.07. The van der Waals surface area contributed by atoms with E-state index in [9.17, 15) is 0 Å². The predicted molar refractivity (Wildman–Crippen MR) is 137 cm³/mol. The molecule has 0 spiro atoms. The van der Waals surface area contributed by atoms with E-state index < -0.39 is 0 Å². The van der Waals surface area contributed by atoms with Gasteiger partial charge in [0.25, 0.3) is 0 Å². The monoisotopic (exact) mass is 475 g/mol. The van der Waals surface area contributed by atoms with Crippen molar-refractivity contribution < 1.29 is 0 Å². The molecule has 0 amide bonds. The molecule has 0 atom stereocenters. The van der Waals surface area contributed by atoms with Gasteiger partial charge in [-0.15, -0.1) is 0 Å². The molecule has 1 aliphatic rings. The van der Waals surface area contributed by atoms with Crippen molar-refractivity contribution in [3.8, 4) is 5.69 Å². The molecule has 0 aliphatic carbocycles. The first-order valence-corrected chi connectivity index (χ1v) is 12.1. The van der Waals surface area contributed by atoms with Crippen LogP contribution in [0, 0.1) is 0 Å². The third kappa shape index (κ3) is 5.02. The Hall–Kier alpha value is -2.56. The summed E-state index contributed by atoms with van der Waals surface area (Å²) in [5.74, 6) is 0. The fourth-order valence-corrected chi connectivity index (χ4v) is 5.25. The van der Waals surface area contributed by atoms with Crippen LogP contribution in [0.15, 0.2) is 97.2 Å². The highest BCUT2D eigenvalue weighted by molar-refractivity contribution is 6.35. The zero-order valence-corrected chi connectivity index (χ0v) is 20.0. The number of hydrogen-bond acceptors (Lipinski definition) is 2. The van der Waals surface area contributed by atoms with Crippen molar-refractivity contribution in [2.75, 3.05) is 26.2 Å². The van der Waals surface area contributed by atoms with E-state index in [-0.39, 0.29) is 6.04 Å². The third-order valence-corrected chi connectivity index (χ3v) is 6.93.